The molecule has 1 fully saturated rings. The van der Waals surface area contributed by atoms with E-state index in [1.165, 1.54) is 11.3 Å². The molecule has 1 aliphatic rings. The van der Waals surface area contributed by atoms with Crippen LogP contribution in [0, 0.1) is 0 Å². The summed E-state index contributed by atoms with van der Waals surface area (Å²) in [4.78, 5) is 49.6. The number of carbonyl (C=O) groups excluding carboxylic acids is 3. The van der Waals surface area contributed by atoms with Gasteiger partial charge in [0.25, 0.3) is 11.8 Å². The van der Waals surface area contributed by atoms with Crippen molar-refractivity contribution < 1.29 is 19.1 Å². The van der Waals surface area contributed by atoms with E-state index in [2.05, 4.69) is 10.3 Å². The Morgan fingerprint density at radius 1 is 1.08 bits per heavy atom. The SMILES string of the molecule is CC(C)(C)OC(=O)NC(C(=O)N1CCCC1C(=O)N(c1ccccc1)c1cn2ccsc2n1)c1ccccc1. The zero-order valence-corrected chi connectivity index (χ0v) is 22.9. The van der Waals surface area contributed by atoms with E-state index in [1.807, 2.05) is 58.6 Å². The Hall–Kier alpha value is -4.18. The number of hydrogen-bond acceptors (Lipinski definition) is 6. The first kappa shape index (κ1) is 26.4. The van der Waals surface area contributed by atoms with Gasteiger partial charge in [-0.1, -0.05) is 48.5 Å². The number of ether oxygens (including phenoxy) is 1. The van der Waals surface area contributed by atoms with Crippen LogP contribution in [0.5, 0.6) is 0 Å². The molecule has 0 radical (unpaired) electrons. The minimum atomic E-state index is -1.00. The van der Waals surface area contributed by atoms with Gasteiger partial charge in [-0.05, 0) is 51.3 Å². The molecule has 1 aliphatic heterocycles. The van der Waals surface area contributed by atoms with Gasteiger partial charge in [0.15, 0.2) is 10.8 Å². The smallest absolute Gasteiger partial charge is 0.408 e. The number of nitrogens with zero attached hydrogens (tertiary/aromatic N) is 4. The van der Waals surface area contributed by atoms with Crippen LogP contribution < -0.4 is 10.2 Å². The summed E-state index contributed by atoms with van der Waals surface area (Å²) in [5.74, 6) is -0.118. The van der Waals surface area contributed by atoms with E-state index in [0.717, 1.165) is 4.96 Å². The summed E-state index contributed by atoms with van der Waals surface area (Å²) in [5.41, 5.74) is 0.550. The van der Waals surface area contributed by atoms with Gasteiger partial charge in [0.2, 0.25) is 0 Å². The maximum atomic E-state index is 14.2. The average Bonchev–Trinajstić information content (AvgIpc) is 3.64. The van der Waals surface area contributed by atoms with Crippen LogP contribution in [0.25, 0.3) is 4.96 Å². The molecule has 5 rings (SSSR count). The highest BCUT2D eigenvalue weighted by Crippen LogP contribution is 2.32. The van der Waals surface area contributed by atoms with Crippen molar-refractivity contribution in [2.75, 3.05) is 11.4 Å². The number of imidazole rings is 1. The highest BCUT2D eigenvalue weighted by atomic mass is 32.1. The minimum absolute atomic E-state index is 0.248. The molecule has 2 aromatic heterocycles. The van der Waals surface area contributed by atoms with E-state index in [9.17, 15) is 14.4 Å². The summed E-state index contributed by atoms with van der Waals surface area (Å²) in [6.45, 7) is 5.69. The topological polar surface area (TPSA) is 96.2 Å². The standard InChI is InChI=1S/C29H31N5O4S/c1-29(2,3)38-28(37)31-24(20-11-6-4-7-12-20)26(36)33-16-10-15-22(33)25(35)34(21-13-8-5-9-14-21)23-19-32-17-18-39-27(32)30-23/h4-9,11-14,17-19,22,24H,10,15-16H2,1-3H3,(H,31,37). The fraction of sp³-hybridized carbons (Fsp3) is 0.310. The third-order valence-corrected chi connectivity index (χ3v) is 7.18. The summed E-state index contributed by atoms with van der Waals surface area (Å²) in [7, 11) is 0. The Bertz CT molecular complexity index is 1430. The Balaban J connectivity index is 1.46. The molecular weight excluding hydrogens is 514 g/mol. The van der Waals surface area contributed by atoms with Gasteiger partial charge >= 0.3 is 6.09 Å². The Morgan fingerprint density at radius 3 is 2.44 bits per heavy atom. The summed E-state index contributed by atoms with van der Waals surface area (Å²) < 4.78 is 7.32. The Morgan fingerprint density at radius 2 is 1.77 bits per heavy atom. The zero-order valence-electron chi connectivity index (χ0n) is 22.1. The fourth-order valence-corrected chi connectivity index (χ4v) is 5.43. The molecule has 202 valence electrons. The molecule has 1 saturated heterocycles. The Labute approximate surface area is 231 Å². The quantitative estimate of drug-likeness (QED) is 0.354. The molecule has 9 nitrogen and oxygen atoms in total. The van der Waals surface area contributed by atoms with Gasteiger partial charge in [-0.15, -0.1) is 11.3 Å². The molecule has 0 aliphatic carbocycles. The van der Waals surface area contributed by atoms with Gasteiger partial charge in [0.1, 0.15) is 17.7 Å². The van der Waals surface area contributed by atoms with Crippen molar-refractivity contribution in [3.63, 3.8) is 0 Å². The van der Waals surface area contributed by atoms with Crippen LogP contribution in [-0.4, -0.2) is 50.4 Å². The van der Waals surface area contributed by atoms with Crippen LogP contribution in [-0.2, 0) is 14.3 Å². The molecule has 2 atom stereocenters. The lowest BCUT2D eigenvalue weighted by atomic mass is 10.0. The number of fused-ring (bicyclic) bond motifs is 1. The van der Waals surface area contributed by atoms with Crippen molar-refractivity contribution in [2.24, 2.45) is 0 Å². The number of aromatic nitrogens is 2. The van der Waals surface area contributed by atoms with Crippen molar-refractivity contribution in [3.8, 4) is 0 Å². The van der Waals surface area contributed by atoms with Crippen LogP contribution in [0.3, 0.4) is 0 Å². The van der Waals surface area contributed by atoms with E-state index >= 15 is 0 Å². The van der Waals surface area contributed by atoms with Crippen molar-refractivity contribution in [2.45, 2.75) is 51.3 Å². The molecule has 4 aromatic rings. The third-order valence-electron chi connectivity index (χ3n) is 6.41. The molecule has 10 heteroatoms. The molecule has 3 heterocycles. The number of anilines is 2. The number of nitrogens with one attached hydrogen (secondary N) is 1. The van der Waals surface area contributed by atoms with Crippen molar-refractivity contribution >= 4 is 45.7 Å². The van der Waals surface area contributed by atoms with E-state index < -0.39 is 23.8 Å². The van der Waals surface area contributed by atoms with Gasteiger partial charge < -0.3 is 15.0 Å². The van der Waals surface area contributed by atoms with Crippen LogP contribution in [0.2, 0.25) is 0 Å². The molecule has 2 unspecified atom stereocenters. The van der Waals surface area contributed by atoms with Crippen LogP contribution in [0.4, 0.5) is 16.3 Å². The number of hydrogen-bond donors (Lipinski definition) is 1. The molecule has 0 saturated carbocycles. The predicted molar refractivity (Wildman–Crippen MR) is 150 cm³/mol. The first-order valence-corrected chi connectivity index (χ1v) is 13.8. The largest absolute Gasteiger partial charge is 0.444 e. The number of carbonyl (C=O) groups is 3. The zero-order chi connectivity index (χ0) is 27.6. The third kappa shape index (κ3) is 5.80. The highest BCUT2D eigenvalue weighted by Gasteiger charge is 2.41. The van der Waals surface area contributed by atoms with E-state index in [1.54, 1.807) is 54.8 Å². The maximum absolute atomic E-state index is 14.2. The maximum Gasteiger partial charge on any atom is 0.408 e. The summed E-state index contributed by atoms with van der Waals surface area (Å²) >= 11 is 1.48. The number of benzene rings is 2. The number of alkyl carbamates (subject to hydrolysis) is 1. The van der Waals surface area contributed by atoms with Gasteiger partial charge in [-0.25, -0.2) is 9.78 Å². The first-order chi connectivity index (χ1) is 18.7. The second-order valence-electron chi connectivity index (χ2n) is 10.4. The van der Waals surface area contributed by atoms with Gasteiger partial charge in [0, 0.05) is 18.1 Å². The lowest BCUT2D eigenvalue weighted by Gasteiger charge is -2.32. The molecule has 3 amide bonds. The van der Waals surface area contributed by atoms with E-state index in [4.69, 9.17) is 4.74 Å². The lowest BCUT2D eigenvalue weighted by molar-refractivity contribution is -0.139. The van der Waals surface area contributed by atoms with Crippen molar-refractivity contribution in [1.82, 2.24) is 19.6 Å². The number of likely N-dealkylation sites (tertiary alicyclic amines) is 1. The highest BCUT2D eigenvalue weighted by molar-refractivity contribution is 7.15. The van der Waals surface area contributed by atoms with E-state index in [0.29, 0.717) is 36.5 Å². The molecule has 39 heavy (non-hydrogen) atoms. The molecular formula is C29H31N5O4S. The second kappa shape index (κ2) is 10.9. The van der Waals surface area contributed by atoms with Crippen LogP contribution >= 0.6 is 11.3 Å². The normalized spacial score (nSPS) is 16.2. The molecule has 0 spiro atoms. The summed E-state index contributed by atoms with van der Waals surface area (Å²) in [6.07, 6.45) is 4.17. The average molecular weight is 546 g/mol. The van der Waals surface area contributed by atoms with Crippen molar-refractivity contribution in [1.29, 1.82) is 0 Å². The summed E-state index contributed by atoms with van der Waals surface area (Å²) in [6, 6.07) is 16.6. The molecule has 1 N–H and O–H groups in total. The van der Waals surface area contributed by atoms with E-state index in [-0.39, 0.29) is 11.8 Å². The molecule has 0 bridgehead atoms. The lowest BCUT2D eigenvalue weighted by Crippen LogP contribution is -2.51. The van der Waals surface area contributed by atoms with Crippen molar-refractivity contribution in [3.05, 3.63) is 84.0 Å². The first-order valence-electron chi connectivity index (χ1n) is 12.9. The summed E-state index contributed by atoms with van der Waals surface area (Å²) in [5, 5.41) is 4.67. The van der Waals surface area contributed by atoms with Crippen LogP contribution in [0.15, 0.2) is 78.4 Å². The van der Waals surface area contributed by atoms with Gasteiger partial charge in [-0.3, -0.25) is 18.9 Å². The number of thiazole rings is 1. The minimum Gasteiger partial charge on any atom is -0.444 e. The van der Waals surface area contributed by atoms with Gasteiger partial charge in [-0.2, -0.15) is 0 Å². The monoisotopic (exact) mass is 545 g/mol. The number of rotatable bonds is 6. The predicted octanol–water partition coefficient (Wildman–Crippen LogP) is 5.32. The number of para-hydroxylation sites is 1. The second-order valence-corrected chi connectivity index (χ2v) is 11.3. The fourth-order valence-electron chi connectivity index (χ4n) is 4.73. The Kier molecular flexibility index (Phi) is 7.38. The van der Waals surface area contributed by atoms with Crippen LogP contribution in [0.1, 0.15) is 45.2 Å². The van der Waals surface area contributed by atoms with Gasteiger partial charge in [0.05, 0.1) is 11.9 Å². The molecule has 2 aromatic carbocycles. The number of amides is 3.